The fourth-order valence-electron chi connectivity index (χ4n) is 2.58. The fourth-order valence-corrected chi connectivity index (χ4v) is 2.58. The number of piperazine rings is 1. The van der Waals surface area contributed by atoms with E-state index in [9.17, 15) is 4.91 Å². The maximum absolute atomic E-state index is 10.4. The van der Waals surface area contributed by atoms with Gasteiger partial charge in [-0.2, -0.15) is 5.26 Å². The van der Waals surface area contributed by atoms with Gasteiger partial charge in [-0.25, -0.2) is 4.98 Å². The van der Waals surface area contributed by atoms with E-state index in [1.165, 1.54) is 0 Å². The van der Waals surface area contributed by atoms with Crippen molar-refractivity contribution >= 4 is 17.2 Å². The van der Waals surface area contributed by atoms with Gasteiger partial charge in [-0.3, -0.25) is 0 Å². The zero-order valence-corrected chi connectivity index (χ0v) is 12.0. The van der Waals surface area contributed by atoms with E-state index >= 15 is 0 Å². The van der Waals surface area contributed by atoms with Crippen molar-refractivity contribution < 1.29 is 0 Å². The maximum atomic E-state index is 10.4. The highest BCUT2D eigenvalue weighted by molar-refractivity contribution is 5.54. The molecule has 0 unspecified atom stereocenters. The Balaban J connectivity index is 1.66. The van der Waals surface area contributed by atoms with Crippen LogP contribution in [0, 0.1) is 16.2 Å². The molecule has 0 aliphatic carbocycles. The molecule has 1 saturated heterocycles. The van der Waals surface area contributed by atoms with Crippen molar-refractivity contribution in [2.45, 2.75) is 0 Å². The number of nitriles is 1. The molecule has 0 atom stereocenters. The first-order chi connectivity index (χ1) is 10.8. The molecular formula is C16H15N5O. The van der Waals surface area contributed by atoms with Crippen LogP contribution in [0.2, 0.25) is 0 Å². The van der Waals surface area contributed by atoms with Crippen LogP contribution in [0.4, 0.5) is 17.2 Å². The molecule has 0 saturated carbocycles. The summed E-state index contributed by atoms with van der Waals surface area (Å²) in [6.07, 6.45) is 0. The van der Waals surface area contributed by atoms with Gasteiger partial charge in [-0.1, -0.05) is 6.07 Å². The van der Waals surface area contributed by atoms with Crippen LogP contribution in [0.1, 0.15) is 5.69 Å². The third kappa shape index (κ3) is 2.88. The molecule has 0 N–H and O–H groups in total. The lowest BCUT2D eigenvalue weighted by atomic mass is 10.2. The van der Waals surface area contributed by atoms with Crippen molar-refractivity contribution in [1.29, 1.82) is 5.26 Å². The molecule has 3 rings (SSSR count). The highest BCUT2D eigenvalue weighted by Gasteiger charge is 2.18. The Bertz CT molecular complexity index is 699. The van der Waals surface area contributed by atoms with E-state index in [4.69, 9.17) is 5.26 Å². The number of anilines is 2. The number of aromatic nitrogens is 1. The first kappa shape index (κ1) is 14.0. The first-order valence-electron chi connectivity index (χ1n) is 7.10. The Labute approximate surface area is 128 Å². The van der Waals surface area contributed by atoms with Crippen molar-refractivity contribution in [3.05, 3.63) is 53.1 Å². The minimum atomic E-state index is 0.442. The van der Waals surface area contributed by atoms with E-state index in [2.05, 4.69) is 26.0 Å². The summed E-state index contributed by atoms with van der Waals surface area (Å²) in [5, 5.41) is 11.8. The van der Waals surface area contributed by atoms with E-state index < -0.39 is 0 Å². The SMILES string of the molecule is N#Cc1cccc(N2CCN(c3ccc(N=O)cc3)CC2)n1. The molecule has 2 aromatic rings. The van der Waals surface area contributed by atoms with Crippen LogP contribution >= 0.6 is 0 Å². The van der Waals surface area contributed by atoms with Crippen LogP contribution in [-0.4, -0.2) is 31.2 Å². The Morgan fingerprint density at radius 3 is 2.32 bits per heavy atom. The van der Waals surface area contributed by atoms with E-state index in [1.54, 1.807) is 18.2 Å². The number of nitroso groups, excluding NO2 is 1. The minimum absolute atomic E-state index is 0.442. The summed E-state index contributed by atoms with van der Waals surface area (Å²) in [7, 11) is 0. The van der Waals surface area contributed by atoms with Crippen molar-refractivity contribution in [3.8, 4) is 6.07 Å². The Hall–Kier alpha value is -2.94. The van der Waals surface area contributed by atoms with Crippen molar-refractivity contribution in [3.63, 3.8) is 0 Å². The minimum Gasteiger partial charge on any atom is -0.368 e. The summed E-state index contributed by atoms with van der Waals surface area (Å²) < 4.78 is 0. The van der Waals surface area contributed by atoms with Gasteiger partial charge >= 0.3 is 0 Å². The molecule has 1 fully saturated rings. The molecule has 22 heavy (non-hydrogen) atoms. The summed E-state index contributed by atoms with van der Waals surface area (Å²) in [5.41, 5.74) is 1.97. The van der Waals surface area contributed by atoms with Crippen LogP contribution in [0.3, 0.4) is 0 Å². The molecule has 1 aromatic heterocycles. The summed E-state index contributed by atoms with van der Waals surface area (Å²) in [6.45, 7) is 3.42. The fraction of sp³-hybridized carbons (Fsp3) is 0.250. The number of rotatable bonds is 3. The lowest BCUT2D eigenvalue weighted by Crippen LogP contribution is -2.46. The average molecular weight is 293 g/mol. The zero-order valence-electron chi connectivity index (χ0n) is 12.0. The van der Waals surface area contributed by atoms with Gasteiger partial charge in [0.2, 0.25) is 0 Å². The Kier molecular flexibility index (Phi) is 3.97. The van der Waals surface area contributed by atoms with Gasteiger partial charge in [0.05, 0.1) is 0 Å². The molecule has 6 heteroatoms. The third-order valence-electron chi connectivity index (χ3n) is 3.77. The molecule has 0 amide bonds. The predicted molar refractivity (Wildman–Crippen MR) is 85.3 cm³/mol. The van der Waals surface area contributed by atoms with Crippen molar-refractivity contribution in [2.24, 2.45) is 5.18 Å². The van der Waals surface area contributed by atoms with Gasteiger partial charge < -0.3 is 9.80 Å². The van der Waals surface area contributed by atoms with Gasteiger partial charge in [-0.05, 0) is 41.6 Å². The van der Waals surface area contributed by atoms with Gasteiger partial charge in [-0.15, -0.1) is 4.91 Å². The van der Waals surface area contributed by atoms with E-state index in [-0.39, 0.29) is 0 Å². The zero-order chi connectivity index (χ0) is 15.4. The molecule has 6 nitrogen and oxygen atoms in total. The summed E-state index contributed by atoms with van der Waals surface area (Å²) in [6, 6.07) is 14.9. The second-order valence-corrected chi connectivity index (χ2v) is 5.07. The number of pyridine rings is 1. The second kappa shape index (κ2) is 6.22. The normalized spacial score (nSPS) is 14.5. The summed E-state index contributed by atoms with van der Waals surface area (Å²) in [4.78, 5) is 19.2. The van der Waals surface area contributed by atoms with Crippen LogP contribution in [0.5, 0.6) is 0 Å². The molecule has 1 aliphatic heterocycles. The van der Waals surface area contributed by atoms with Crippen molar-refractivity contribution in [2.75, 3.05) is 36.0 Å². The molecule has 0 spiro atoms. The molecule has 110 valence electrons. The van der Waals surface area contributed by atoms with Crippen molar-refractivity contribution in [1.82, 2.24) is 4.98 Å². The number of benzene rings is 1. The number of hydrogen-bond donors (Lipinski definition) is 0. The predicted octanol–water partition coefficient (Wildman–Crippen LogP) is 2.68. The van der Waals surface area contributed by atoms with Crippen LogP contribution in [-0.2, 0) is 0 Å². The molecule has 0 radical (unpaired) electrons. The average Bonchev–Trinajstić information content (AvgIpc) is 2.62. The monoisotopic (exact) mass is 293 g/mol. The van der Waals surface area contributed by atoms with Gasteiger partial charge in [0, 0.05) is 31.9 Å². The van der Waals surface area contributed by atoms with Crippen LogP contribution < -0.4 is 9.80 Å². The Morgan fingerprint density at radius 2 is 1.68 bits per heavy atom. The highest BCUT2D eigenvalue weighted by Crippen LogP contribution is 2.22. The van der Waals surface area contributed by atoms with Crippen LogP contribution in [0.15, 0.2) is 47.6 Å². The molecule has 0 bridgehead atoms. The highest BCUT2D eigenvalue weighted by atomic mass is 16.3. The third-order valence-corrected chi connectivity index (χ3v) is 3.77. The van der Waals surface area contributed by atoms with Gasteiger partial charge in [0.15, 0.2) is 0 Å². The smallest absolute Gasteiger partial charge is 0.142 e. The summed E-state index contributed by atoms with van der Waals surface area (Å²) >= 11 is 0. The lowest BCUT2D eigenvalue weighted by molar-refractivity contribution is 0.647. The standard InChI is InChI=1S/C16H15N5O/c17-12-14-2-1-3-16(18-14)21-10-8-20(9-11-21)15-6-4-13(19-22)5-7-15/h1-7H,8-11H2. The van der Waals surface area contributed by atoms with E-state index in [0.29, 0.717) is 11.4 Å². The van der Waals surface area contributed by atoms with Crippen LogP contribution in [0.25, 0.3) is 0 Å². The molecule has 1 aliphatic rings. The number of hydrogen-bond acceptors (Lipinski definition) is 6. The maximum Gasteiger partial charge on any atom is 0.142 e. The largest absolute Gasteiger partial charge is 0.368 e. The lowest BCUT2D eigenvalue weighted by Gasteiger charge is -2.36. The summed E-state index contributed by atoms with van der Waals surface area (Å²) in [5.74, 6) is 0.846. The van der Waals surface area contributed by atoms with E-state index in [0.717, 1.165) is 37.7 Å². The Morgan fingerprint density at radius 1 is 1.00 bits per heavy atom. The molecular weight excluding hydrogens is 278 g/mol. The topological polar surface area (TPSA) is 72.6 Å². The van der Waals surface area contributed by atoms with E-state index in [1.807, 2.05) is 24.3 Å². The second-order valence-electron chi connectivity index (χ2n) is 5.07. The quantitative estimate of drug-likeness (QED) is 0.813. The van der Waals surface area contributed by atoms with Gasteiger partial charge in [0.25, 0.3) is 0 Å². The van der Waals surface area contributed by atoms with Gasteiger partial charge in [0.1, 0.15) is 23.3 Å². The molecule has 1 aromatic carbocycles. The number of nitrogens with zero attached hydrogens (tertiary/aromatic N) is 5. The first-order valence-corrected chi connectivity index (χ1v) is 7.10. The molecule has 2 heterocycles.